The van der Waals surface area contributed by atoms with Gasteiger partial charge in [-0.2, -0.15) is 13.5 Å². The number of carbonyl (C=O) groups excluding carboxylic acids is 1. The van der Waals surface area contributed by atoms with Crippen LogP contribution in [0.1, 0.15) is 33.6 Å². The van der Waals surface area contributed by atoms with E-state index in [-0.39, 0.29) is 19.4 Å². The zero-order chi connectivity index (χ0) is 9.14. The third-order valence-electron chi connectivity index (χ3n) is 2.46. The van der Waals surface area contributed by atoms with Crippen molar-refractivity contribution in [2.75, 3.05) is 13.1 Å². The highest BCUT2D eigenvalue weighted by atomic mass is 32.1. The highest BCUT2D eigenvalue weighted by Gasteiger charge is 2.22. The van der Waals surface area contributed by atoms with Crippen molar-refractivity contribution in [3.05, 3.63) is 0 Å². The fourth-order valence-electron chi connectivity index (χ4n) is 1.75. The molecule has 1 aliphatic rings. The molecule has 0 aliphatic carbocycles. The molecule has 1 rings (SSSR count). The first-order valence-corrected chi connectivity index (χ1v) is 4.90. The van der Waals surface area contributed by atoms with Gasteiger partial charge < -0.3 is 4.90 Å². The summed E-state index contributed by atoms with van der Waals surface area (Å²) in [5.74, 6) is 1.18. The van der Waals surface area contributed by atoms with E-state index in [0.29, 0.717) is 11.8 Å². The highest BCUT2D eigenvalue weighted by molar-refractivity contribution is 7.59. The van der Waals surface area contributed by atoms with Crippen LogP contribution in [0.2, 0.25) is 0 Å². The molecule has 1 fully saturated rings. The van der Waals surface area contributed by atoms with Gasteiger partial charge in [0, 0.05) is 19.0 Å². The van der Waals surface area contributed by atoms with Crippen LogP contribution in [0.25, 0.3) is 0 Å². The Morgan fingerprint density at radius 3 is 2.54 bits per heavy atom. The van der Waals surface area contributed by atoms with Crippen LogP contribution in [-0.4, -0.2) is 23.9 Å². The van der Waals surface area contributed by atoms with E-state index < -0.39 is 0 Å². The van der Waals surface area contributed by atoms with Crippen molar-refractivity contribution in [2.45, 2.75) is 33.6 Å². The Morgan fingerprint density at radius 2 is 2.08 bits per heavy atom. The molecule has 0 saturated carbocycles. The van der Waals surface area contributed by atoms with Gasteiger partial charge in [0.05, 0.1) is 0 Å². The molecule has 2 nitrogen and oxygen atoms in total. The predicted molar refractivity (Wildman–Crippen MR) is 60.2 cm³/mol. The Labute approximate surface area is 88.1 Å². The average Bonchev–Trinajstić information content (AvgIpc) is 2.03. The zero-order valence-electron chi connectivity index (χ0n) is 8.84. The van der Waals surface area contributed by atoms with E-state index in [2.05, 4.69) is 6.92 Å². The van der Waals surface area contributed by atoms with Crippen LogP contribution in [0.5, 0.6) is 0 Å². The Hall–Kier alpha value is -0.180. The Bertz CT molecular complexity index is 170. The van der Waals surface area contributed by atoms with Crippen molar-refractivity contribution in [1.82, 2.24) is 4.90 Å². The second kappa shape index (κ2) is 5.53. The lowest BCUT2D eigenvalue weighted by atomic mass is 9.99. The molecule has 1 amide bonds. The molecular formula is C10H21NOS. The molecule has 78 valence electrons. The molecule has 1 aliphatic heterocycles. The van der Waals surface area contributed by atoms with Crippen molar-refractivity contribution >= 4 is 19.4 Å². The Balaban J connectivity index is 0.00000144. The molecule has 0 aromatic carbocycles. The molecule has 1 heterocycles. The molecule has 0 radical (unpaired) electrons. The maximum Gasteiger partial charge on any atom is 0.225 e. The SMILES string of the molecule is CC(C)C(=O)N1CCC[C@H](C)C1.S. The van der Waals surface area contributed by atoms with Gasteiger partial charge in [0.2, 0.25) is 5.91 Å². The largest absolute Gasteiger partial charge is 0.342 e. The fraction of sp³-hybridized carbons (Fsp3) is 0.900. The summed E-state index contributed by atoms with van der Waals surface area (Å²) in [4.78, 5) is 13.6. The van der Waals surface area contributed by atoms with Crippen molar-refractivity contribution in [1.29, 1.82) is 0 Å². The summed E-state index contributed by atoms with van der Waals surface area (Å²) in [6, 6.07) is 0. The Morgan fingerprint density at radius 1 is 1.46 bits per heavy atom. The summed E-state index contributed by atoms with van der Waals surface area (Å²) in [5, 5.41) is 0. The molecule has 0 spiro atoms. The van der Waals surface area contributed by atoms with Gasteiger partial charge in [-0.25, -0.2) is 0 Å². The number of piperidine rings is 1. The smallest absolute Gasteiger partial charge is 0.225 e. The number of amides is 1. The van der Waals surface area contributed by atoms with Crippen LogP contribution in [-0.2, 0) is 4.79 Å². The lowest BCUT2D eigenvalue weighted by molar-refractivity contribution is -0.136. The van der Waals surface area contributed by atoms with Gasteiger partial charge in [-0.3, -0.25) is 4.79 Å². The van der Waals surface area contributed by atoms with E-state index >= 15 is 0 Å². The van der Waals surface area contributed by atoms with Crippen molar-refractivity contribution in [2.24, 2.45) is 11.8 Å². The number of rotatable bonds is 1. The number of nitrogens with zero attached hydrogens (tertiary/aromatic N) is 1. The summed E-state index contributed by atoms with van der Waals surface area (Å²) in [6.45, 7) is 8.11. The highest BCUT2D eigenvalue weighted by Crippen LogP contribution is 2.17. The normalized spacial score (nSPS) is 22.8. The molecule has 1 saturated heterocycles. The molecule has 0 aromatic rings. The van der Waals surface area contributed by atoms with E-state index in [4.69, 9.17) is 0 Å². The van der Waals surface area contributed by atoms with E-state index in [1.807, 2.05) is 18.7 Å². The second-order valence-electron chi connectivity index (χ2n) is 4.19. The van der Waals surface area contributed by atoms with Gasteiger partial charge >= 0.3 is 0 Å². The molecule has 0 bridgehead atoms. The number of carbonyl (C=O) groups is 1. The molecule has 0 aromatic heterocycles. The van der Waals surface area contributed by atoms with Gasteiger partial charge in [-0.05, 0) is 18.8 Å². The Kier molecular flexibility index (Phi) is 5.45. The first-order valence-electron chi connectivity index (χ1n) is 4.90. The van der Waals surface area contributed by atoms with Crippen molar-refractivity contribution in [3.63, 3.8) is 0 Å². The number of likely N-dealkylation sites (tertiary alicyclic amines) is 1. The van der Waals surface area contributed by atoms with E-state index in [0.717, 1.165) is 13.1 Å². The van der Waals surface area contributed by atoms with E-state index in [9.17, 15) is 4.79 Å². The zero-order valence-corrected chi connectivity index (χ0v) is 9.84. The summed E-state index contributed by atoms with van der Waals surface area (Å²) in [6.07, 6.45) is 2.46. The second-order valence-corrected chi connectivity index (χ2v) is 4.19. The van der Waals surface area contributed by atoms with Crippen molar-refractivity contribution in [3.8, 4) is 0 Å². The quantitative estimate of drug-likeness (QED) is 0.638. The van der Waals surface area contributed by atoms with Crippen LogP contribution in [0.15, 0.2) is 0 Å². The summed E-state index contributed by atoms with van der Waals surface area (Å²) < 4.78 is 0. The summed E-state index contributed by atoms with van der Waals surface area (Å²) in [5.41, 5.74) is 0. The van der Waals surface area contributed by atoms with Crippen LogP contribution in [0.3, 0.4) is 0 Å². The van der Waals surface area contributed by atoms with E-state index in [1.165, 1.54) is 12.8 Å². The summed E-state index contributed by atoms with van der Waals surface area (Å²) >= 11 is 0. The monoisotopic (exact) mass is 203 g/mol. The molecular weight excluding hydrogens is 182 g/mol. The topological polar surface area (TPSA) is 20.3 Å². The van der Waals surface area contributed by atoms with E-state index in [1.54, 1.807) is 0 Å². The third kappa shape index (κ3) is 3.59. The minimum atomic E-state index is 0. The van der Waals surface area contributed by atoms with Crippen LogP contribution >= 0.6 is 13.5 Å². The number of hydrogen-bond donors (Lipinski definition) is 0. The lowest BCUT2D eigenvalue weighted by Crippen LogP contribution is -2.41. The molecule has 13 heavy (non-hydrogen) atoms. The first-order chi connectivity index (χ1) is 5.61. The third-order valence-corrected chi connectivity index (χ3v) is 2.46. The summed E-state index contributed by atoms with van der Waals surface area (Å²) in [7, 11) is 0. The van der Waals surface area contributed by atoms with Gasteiger partial charge in [-0.15, -0.1) is 0 Å². The molecule has 0 unspecified atom stereocenters. The van der Waals surface area contributed by atoms with Crippen LogP contribution in [0.4, 0.5) is 0 Å². The van der Waals surface area contributed by atoms with Gasteiger partial charge in [-0.1, -0.05) is 20.8 Å². The lowest BCUT2D eigenvalue weighted by Gasteiger charge is -2.32. The molecule has 0 N–H and O–H groups in total. The van der Waals surface area contributed by atoms with Gasteiger partial charge in [0.1, 0.15) is 0 Å². The maximum absolute atomic E-state index is 11.6. The fourth-order valence-corrected chi connectivity index (χ4v) is 1.75. The van der Waals surface area contributed by atoms with Crippen LogP contribution < -0.4 is 0 Å². The molecule has 1 atom stereocenters. The minimum Gasteiger partial charge on any atom is -0.342 e. The molecule has 3 heteroatoms. The first kappa shape index (κ1) is 12.8. The van der Waals surface area contributed by atoms with Crippen LogP contribution in [0, 0.1) is 11.8 Å². The van der Waals surface area contributed by atoms with Gasteiger partial charge in [0.25, 0.3) is 0 Å². The number of hydrogen-bond acceptors (Lipinski definition) is 1. The standard InChI is InChI=1S/C10H19NO.H2S/c1-8(2)10(12)11-6-4-5-9(3)7-11;/h8-9H,4-7H2,1-3H3;1H2/t9-;/m0./s1. The minimum absolute atomic E-state index is 0. The van der Waals surface area contributed by atoms with Gasteiger partial charge in [0.15, 0.2) is 0 Å². The average molecular weight is 203 g/mol. The predicted octanol–water partition coefficient (Wildman–Crippen LogP) is 2.01. The van der Waals surface area contributed by atoms with Crippen molar-refractivity contribution < 1.29 is 4.79 Å². The maximum atomic E-state index is 11.6.